The molecule has 0 aliphatic carbocycles. The molecule has 0 saturated heterocycles. The number of carbonyl (C=O) groups is 2. The smallest absolute Gasteiger partial charge is 0.283 e. The summed E-state index contributed by atoms with van der Waals surface area (Å²) in [4.78, 5) is 32.0. The number of halogens is 1. The largest absolute Gasteiger partial charge is 0.495 e. The minimum Gasteiger partial charge on any atom is -0.495 e. The van der Waals surface area contributed by atoms with Crippen LogP contribution in [0.5, 0.6) is 5.75 Å². The number of ether oxygens (including phenoxy) is 1. The summed E-state index contributed by atoms with van der Waals surface area (Å²) in [6.07, 6.45) is 1.74. The van der Waals surface area contributed by atoms with E-state index in [1.807, 2.05) is 31.4 Å². The molecule has 0 bridgehead atoms. The number of aliphatic imine (C=N–C) groups is 1. The lowest BCUT2D eigenvalue weighted by molar-refractivity contribution is -0.119. The van der Waals surface area contributed by atoms with Crippen LogP contribution in [-0.4, -0.2) is 35.9 Å². The van der Waals surface area contributed by atoms with Crippen LogP contribution in [0.3, 0.4) is 0 Å². The number of rotatable bonds is 6. The fourth-order valence-corrected chi connectivity index (χ4v) is 4.34. The van der Waals surface area contributed by atoms with E-state index in [0.717, 1.165) is 4.88 Å². The first-order valence-corrected chi connectivity index (χ1v) is 11.1. The van der Waals surface area contributed by atoms with Crippen LogP contribution in [0.1, 0.15) is 18.7 Å². The van der Waals surface area contributed by atoms with Gasteiger partial charge in [-0.05, 0) is 49.6 Å². The van der Waals surface area contributed by atoms with E-state index in [2.05, 4.69) is 10.3 Å². The average Bonchev–Trinajstić information content (AvgIpc) is 3.28. The van der Waals surface area contributed by atoms with Crippen molar-refractivity contribution in [2.75, 3.05) is 17.8 Å². The van der Waals surface area contributed by atoms with Gasteiger partial charge in [0, 0.05) is 10.9 Å². The van der Waals surface area contributed by atoms with Crippen molar-refractivity contribution in [3.05, 3.63) is 51.3 Å². The zero-order chi connectivity index (χ0) is 21.0. The Hall–Kier alpha value is -2.29. The number of anilines is 1. The molecule has 2 heterocycles. The van der Waals surface area contributed by atoms with E-state index in [1.54, 1.807) is 24.3 Å². The van der Waals surface area contributed by atoms with Gasteiger partial charge < -0.3 is 10.1 Å². The Morgan fingerprint density at radius 3 is 2.83 bits per heavy atom. The minimum absolute atomic E-state index is 0.0426. The van der Waals surface area contributed by atoms with Gasteiger partial charge in [-0.2, -0.15) is 0 Å². The second-order valence-corrected chi connectivity index (χ2v) is 8.74. The highest BCUT2D eigenvalue weighted by Crippen LogP contribution is 2.34. The molecule has 6 nitrogen and oxygen atoms in total. The predicted octanol–water partition coefficient (Wildman–Crippen LogP) is 4.41. The van der Waals surface area contributed by atoms with Gasteiger partial charge in [0.15, 0.2) is 5.17 Å². The first kappa shape index (κ1) is 21.4. The van der Waals surface area contributed by atoms with Crippen molar-refractivity contribution >= 4 is 63.4 Å². The van der Waals surface area contributed by atoms with Crippen molar-refractivity contribution in [3.63, 3.8) is 0 Å². The number of benzene rings is 1. The van der Waals surface area contributed by atoms with Gasteiger partial charge in [0.2, 0.25) is 5.91 Å². The third-order valence-electron chi connectivity index (χ3n) is 3.83. The molecule has 0 radical (unpaired) electrons. The minimum atomic E-state index is -0.272. The van der Waals surface area contributed by atoms with Crippen molar-refractivity contribution < 1.29 is 14.3 Å². The summed E-state index contributed by atoms with van der Waals surface area (Å²) < 4.78 is 5.19. The van der Waals surface area contributed by atoms with Crippen LogP contribution < -0.4 is 15.0 Å². The third kappa shape index (κ3) is 5.20. The fourth-order valence-electron chi connectivity index (χ4n) is 2.62. The first-order chi connectivity index (χ1) is 13.9. The van der Waals surface area contributed by atoms with Gasteiger partial charge >= 0.3 is 0 Å². The van der Waals surface area contributed by atoms with Crippen LogP contribution in [0.15, 0.2) is 46.4 Å². The Labute approximate surface area is 182 Å². The van der Waals surface area contributed by atoms with E-state index in [4.69, 9.17) is 16.3 Å². The lowest BCUT2D eigenvalue weighted by atomic mass is 10.2. The van der Waals surface area contributed by atoms with Gasteiger partial charge in [-0.15, -0.1) is 11.3 Å². The van der Waals surface area contributed by atoms with Gasteiger partial charge in [-0.1, -0.05) is 29.4 Å². The Morgan fingerprint density at radius 2 is 2.21 bits per heavy atom. The van der Waals surface area contributed by atoms with Gasteiger partial charge in [-0.25, -0.2) is 4.99 Å². The van der Waals surface area contributed by atoms with Crippen LogP contribution in [-0.2, 0) is 9.59 Å². The zero-order valence-corrected chi connectivity index (χ0v) is 18.5. The number of nitrogens with one attached hydrogen (secondary N) is 1. The molecule has 152 valence electrons. The lowest BCUT2D eigenvalue weighted by Gasteiger charge is -2.19. The molecule has 29 heavy (non-hydrogen) atoms. The van der Waals surface area contributed by atoms with Crippen molar-refractivity contribution in [1.82, 2.24) is 5.32 Å². The number of nitrogens with zero attached hydrogens (tertiary/aromatic N) is 2. The van der Waals surface area contributed by atoms with Crippen molar-refractivity contribution in [3.8, 4) is 5.75 Å². The maximum atomic E-state index is 13.1. The van der Waals surface area contributed by atoms with Crippen LogP contribution >= 0.6 is 34.7 Å². The topological polar surface area (TPSA) is 71.0 Å². The maximum Gasteiger partial charge on any atom is 0.283 e. The van der Waals surface area contributed by atoms with E-state index < -0.39 is 0 Å². The summed E-state index contributed by atoms with van der Waals surface area (Å²) in [5.74, 6) is 0.269. The molecule has 2 amide bonds. The molecule has 1 N–H and O–H groups in total. The van der Waals surface area contributed by atoms with Crippen LogP contribution in [0, 0.1) is 0 Å². The highest BCUT2D eigenvalue weighted by atomic mass is 35.5. The molecule has 1 aliphatic rings. The molecule has 1 aromatic heterocycles. The Balaban J connectivity index is 1.91. The number of thioether (sulfide) groups is 1. The number of amides is 2. The number of hydrogen-bond acceptors (Lipinski definition) is 6. The van der Waals surface area contributed by atoms with Crippen molar-refractivity contribution in [2.45, 2.75) is 19.9 Å². The molecule has 9 heteroatoms. The summed E-state index contributed by atoms with van der Waals surface area (Å²) in [6.45, 7) is 3.79. The quantitative estimate of drug-likeness (QED) is 0.663. The van der Waals surface area contributed by atoms with E-state index in [1.165, 1.54) is 35.1 Å². The van der Waals surface area contributed by atoms with Crippen LogP contribution in [0.2, 0.25) is 5.02 Å². The van der Waals surface area contributed by atoms with Gasteiger partial charge in [0.25, 0.3) is 5.91 Å². The molecule has 0 fully saturated rings. The first-order valence-electron chi connectivity index (χ1n) is 8.83. The zero-order valence-electron chi connectivity index (χ0n) is 16.1. The molecule has 0 unspecified atom stereocenters. The molecule has 0 spiro atoms. The number of methoxy groups -OCH3 is 1. The average molecular weight is 450 g/mol. The van der Waals surface area contributed by atoms with E-state index in [9.17, 15) is 9.59 Å². The number of hydrogen-bond donors (Lipinski definition) is 1. The summed E-state index contributed by atoms with van der Waals surface area (Å²) in [5, 5.41) is 5.58. The normalized spacial score (nSPS) is 15.2. The summed E-state index contributed by atoms with van der Waals surface area (Å²) in [7, 11) is 1.53. The number of thiophene rings is 1. The SMILES string of the molecule is COc1ccc(N2C(=O)C(=Cc3cccs3)N=C2SCC(=O)NC(C)C)cc1Cl. The molecular formula is C20H20ClN3O3S2. The Kier molecular flexibility index (Phi) is 7.00. The van der Waals surface area contributed by atoms with Crippen LogP contribution in [0.4, 0.5) is 5.69 Å². The standard InChI is InChI=1S/C20H20ClN3O3S2/c1-12(2)22-18(25)11-29-20-23-16(10-14-5-4-8-28-14)19(26)24(20)13-6-7-17(27-3)15(21)9-13/h4-10,12H,11H2,1-3H3,(H,22,25). The van der Waals surface area contributed by atoms with Crippen molar-refractivity contribution in [1.29, 1.82) is 0 Å². The molecular weight excluding hydrogens is 430 g/mol. The molecule has 0 saturated carbocycles. The van der Waals surface area contributed by atoms with Crippen LogP contribution in [0.25, 0.3) is 6.08 Å². The van der Waals surface area contributed by atoms with Crippen molar-refractivity contribution in [2.24, 2.45) is 4.99 Å². The monoisotopic (exact) mass is 449 g/mol. The predicted molar refractivity (Wildman–Crippen MR) is 121 cm³/mol. The Bertz CT molecular complexity index is 971. The van der Waals surface area contributed by atoms with Gasteiger partial charge in [-0.3, -0.25) is 14.5 Å². The second kappa shape index (κ2) is 9.47. The van der Waals surface area contributed by atoms with E-state index >= 15 is 0 Å². The molecule has 3 rings (SSSR count). The number of amidine groups is 1. The highest BCUT2D eigenvalue weighted by molar-refractivity contribution is 8.14. The molecule has 0 atom stereocenters. The molecule has 1 aliphatic heterocycles. The maximum absolute atomic E-state index is 13.1. The fraction of sp³-hybridized carbons (Fsp3) is 0.250. The van der Waals surface area contributed by atoms with E-state index in [0.29, 0.717) is 27.3 Å². The highest BCUT2D eigenvalue weighted by Gasteiger charge is 2.33. The summed E-state index contributed by atoms with van der Waals surface area (Å²) in [5.41, 5.74) is 0.872. The van der Waals surface area contributed by atoms with Gasteiger partial charge in [0.05, 0.1) is 23.6 Å². The summed E-state index contributed by atoms with van der Waals surface area (Å²) >= 11 is 8.97. The third-order valence-corrected chi connectivity index (χ3v) is 5.88. The van der Waals surface area contributed by atoms with E-state index in [-0.39, 0.29) is 23.6 Å². The second-order valence-electron chi connectivity index (χ2n) is 6.41. The summed E-state index contributed by atoms with van der Waals surface area (Å²) in [6, 6.07) is 8.95. The number of carbonyl (C=O) groups excluding carboxylic acids is 2. The lowest BCUT2D eigenvalue weighted by Crippen LogP contribution is -2.34. The molecule has 2 aromatic rings. The Morgan fingerprint density at radius 1 is 1.41 bits per heavy atom. The molecule has 1 aromatic carbocycles. The van der Waals surface area contributed by atoms with Gasteiger partial charge in [0.1, 0.15) is 11.4 Å².